The number of aliphatic hydroxyl groups is 1. The molecule has 25 nitrogen and oxygen atoms in total. The van der Waals surface area contributed by atoms with Crippen LogP contribution in [0, 0.1) is 12.3 Å². The van der Waals surface area contributed by atoms with Gasteiger partial charge in [-0.3, -0.25) is 9.59 Å². The van der Waals surface area contributed by atoms with E-state index in [1.54, 1.807) is 33.9 Å². The monoisotopic (exact) mass is 1050 g/mol. The second kappa shape index (κ2) is 27.5. The van der Waals surface area contributed by atoms with Crippen LogP contribution in [0.15, 0.2) is 67.0 Å². The number of carbonyl (C=O) groups excluding carboxylic acids is 2. The normalized spacial score (nSPS) is 15.7. The number of phenols is 1. The van der Waals surface area contributed by atoms with Crippen LogP contribution in [-0.4, -0.2) is 193 Å². The Morgan fingerprint density at radius 1 is 0.737 bits per heavy atom. The number of aromatic amines is 1. The van der Waals surface area contributed by atoms with E-state index >= 15 is 0 Å². The molecule has 0 aliphatic carbocycles. The maximum absolute atomic E-state index is 14.8. The van der Waals surface area contributed by atoms with E-state index in [4.69, 9.17) is 52.8 Å². The molecular formula is C51H70N18O7. The van der Waals surface area contributed by atoms with Gasteiger partial charge in [0.15, 0.2) is 0 Å². The summed E-state index contributed by atoms with van der Waals surface area (Å²) in [5.41, 5.74) is 22.2. The number of aromatic nitrogens is 10. The molecule has 4 aromatic heterocycles. The number of H-pyrrole nitrogens is 1. The number of para-hydroxylation sites is 1. The smallest absolute Gasteiger partial charge is 0.248 e. The molecule has 25 heteroatoms. The summed E-state index contributed by atoms with van der Waals surface area (Å²) < 4.78 is 19.8. The number of unbranched alkanes of at least 4 members (excludes halogenated alkanes) is 1. The van der Waals surface area contributed by atoms with Gasteiger partial charge in [-0.25, -0.2) is 9.36 Å². The first-order valence-corrected chi connectivity index (χ1v) is 25.8. The molecule has 76 heavy (non-hydrogen) atoms. The van der Waals surface area contributed by atoms with Crippen molar-refractivity contribution in [2.75, 3.05) is 127 Å². The van der Waals surface area contributed by atoms with E-state index in [0.717, 1.165) is 35.0 Å². The fourth-order valence-electron chi connectivity index (χ4n) is 9.10. The third-order valence-corrected chi connectivity index (χ3v) is 13.4. The minimum absolute atomic E-state index is 0.0959. The van der Waals surface area contributed by atoms with Crippen molar-refractivity contribution in [2.24, 2.45) is 17.2 Å². The topological polar surface area (TPSA) is 321 Å². The quantitative estimate of drug-likeness (QED) is 0.0263. The number of aromatic hydroxyl groups is 1. The number of terminal acetylenes is 1. The molecule has 2 saturated heterocycles. The van der Waals surface area contributed by atoms with Crippen LogP contribution in [0.2, 0.25) is 0 Å². The fraction of sp³-hybridized carbons (Fsp3) is 0.510. The number of aliphatic hydroxyl groups excluding tert-OH is 1. The van der Waals surface area contributed by atoms with Crippen molar-refractivity contribution in [1.82, 2.24) is 59.7 Å². The molecule has 0 radical (unpaired) electrons. The van der Waals surface area contributed by atoms with Gasteiger partial charge in [0.25, 0.3) is 0 Å². The number of rotatable bonds is 28. The number of hydrogen-bond donors (Lipinski definition) is 7. The molecule has 10 N–H and O–H groups in total. The number of phenolic OH excluding ortho intramolecular Hbond substituents is 1. The lowest BCUT2D eigenvalue weighted by Gasteiger charge is -2.38. The van der Waals surface area contributed by atoms with Crippen LogP contribution in [0.1, 0.15) is 66.1 Å². The minimum atomic E-state index is -0.729. The minimum Gasteiger partial charge on any atom is -0.508 e. The zero-order chi connectivity index (χ0) is 53.2. The van der Waals surface area contributed by atoms with Crippen molar-refractivity contribution < 1.29 is 34.0 Å². The van der Waals surface area contributed by atoms with Gasteiger partial charge in [-0.15, -0.1) is 16.6 Å². The summed E-state index contributed by atoms with van der Waals surface area (Å²) in [6.07, 6.45) is 11.4. The van der Waals surface area contributed by atoms with E-state index < -0.39 is 24.2 Å². The Morgan fingerprint density at radius 2 is 1.33 bits per heavy atom. The van der Waals surface area contributed by atoms with Gasteiger partial charge in [-0.2, -0.15) is 15.0 Å². The molecule has 0 unspecified atom stereocenters. The highest BCUT2D eigenvalue weighted by Gasteiger charge is 2.34. The molecule has 6 heterocycles. The lowest BCUT2D eigenvalue weighted by atomic mass is 10.0. The first-order valence-electron chi connectivity index (χ1n) is 25.8. The average Bonchev–Trinajstić information content (AvgIpc) is 4.25. The standard InChI is InChI=1S/C51H70N18O7/c1-2-24-74-26-28-76-29-27-75-25-15-55-49-57-50(66-20-16-64(17-21-66)47(72)45(9-5-6-14-52)68-34-44(61-62-68)41(54)35-70)59-51(58-49)67-22-18-65(19-23-67)48(73)46(32-38-31-37-7-3-4-8-42(37)56-38)69-33-43(60-63-69)40(53)30-36-10-12-39(71)13-11-36/h1,3-4,7-8,10-13,31,33-34,40-41,45-46,56,70-71H,5-6,9,14-30,32,35,52-54H2,(H,55,57,58,59)/t40-,41-,45-,46-/m0/s1. The molecule has 0 spiro atoms. The van der Waals surface area contributed by atoms with Crippen molar-refractivity contribution in [3.05, 3.63) is 89.6 Å². The first kappa shape index (κ1) is 54.9. The van der Waals surface area contributed by atoms with Gasteiger partial charge in [-0.05, 0) is 67.4 Å². The maximum atomic E-state index is 14.8. The summed E-state index contributed by atoms with van der Waals surface area (Å²) >= 11 is 0. The highest BCUT2D eigenvalue weighted by molar-refractivity contribution is 5.83. The van der Waals surface area contributed by atoms with Crippen molar-refractivity contribution in [3.8, 4) is 18.1 Å². The Hall–Kier alpha value is -7.31. The molecule has 2 aromatic carbocycles. The predicted octanol–water partition coefficient (Wildman–Crippen LogP) is 0.723. The molecule has 8 rings (SSSR count). The molecule has 2 aliphatic rings. The zero-order valence-corrected chi connectivity index (χ0v) is 42.8. The summed E-state index contributed by atoms with van der Waals surface area (Å²) in [6, 6.07) is 14.4. The van der Waals surface area contributed by atoms with Crippen LogP contribution in [0.25, 0.3) is 10.9 Å². The Labute approximate surface area is 441 Å². The SMILES string of the molecule is C#CCOCCOCCOCCNc1nc(N2CCN(C(=O)[C@H](CCCCN)n3cc([C@@H](N)CO)nn3)CC2)nc(N2CCN(C(=O)[C@H](Cc3cc4ccccc4[nH]3)n3cc([C@@H](N)Cc4ccc(O)cc4)nn3)CC2)n1. The van der Waals surface area contributed by atoms with Gasteiger partial charge in [0.05, 0.1) is 69.8 Å². The third-order valence-electron chi connectivity index (χ3n) is 13.4. The maximum Gasteiger partial charge on any atom is 0.248 e. The number of ether oxygens (including phenoxy) is 3. The van der Waals surface area contributed by atoms with Crippen molar-refractivity contribution in [1.29, 1.82) is 0 Å². The van der Waals surface area contributed by atoms with Crippen LogP contribution in [-0.2, 0) is 36.6 Å². The summed E-state index contributed by atoms with van der Waals surface area (Å²) in [7, 11) is 0. The lowest BCUT2D eigenvalue weighted by Crippen LogP contribution is -2.52. The van der Waals surface area contributed by atoms with E-state index in [0.29, 0.717) is 147 Å². The molecular weight excluding hydrogens is 977 g/mol. The molecule has 0 bridgehead atoms. The second-order valence-corrected chi connectivity index (χ2v) is 18.7. The number of anilines is 3. The third kappa shape index (κ3) is 14.7. The lowest BCUT2D eigenvalue weighted by molar-refractivity contribution is -0.136. The first-order chi connectivity index (χ1) is 37.1. The van der Waals surface area contributed by atoms with Gasteiger partial charge in [-0.1, -0.05) is 46.7 Å². The van der Waals surface area contributed by atoms with Gasteiger partial charge in [0, 0.05) is 76.5 Å². The summed E-state index contributed by atoms with van der Waals surface area (Å²) in [5.74, 6) is 3.63. The zero-order valence-electron chi connectivity index (χ0n) is 42.8. The Kier molecular flexibility index (Phi) is 19.9. The number of hydrogen-bond acceptors (Lipinski definition) is 20. The summed E-state index contributed by atoms with van der Waals surface area (Å²) in [4.78, 5) is 54.9. The van der Waals surface area contributed by atoms with E-state index in [1.165, 1.54) is 0 Å². The van der Waals surface area contributed by atoms with Crippen LogP contribution in [0.4, 0.5) is 17.8 Å². The van der Waals surface area contributed by atoms with Crippen LogP contribution in [0.3, 0.4) is 0 Å². The number of piperazine rings is 2. The highest BCUT2D eigenvalue weighted by Crippen LogP contribution is 2.27. The van der Waals surface area contributed by atoms with Crippen LogP contribution >= 0.6 is 0 Å². The Bertz CT molecular complexity index is 2770. The van der Waals surface area contributed by atoms with E-state index in [-0.39, 0.29) is 30.8 Å². The van der Waals surface area contributed by atoms with Crippen molar-refractivity contribution >= 4 is 40.6 Å². The number of fused-ring (bicyclic) bond motifs is 1. The van der Waals surface area contributed by atoms with Crippen LogP contribution in [0.5, 0.6) is 5.75 Å². The Balaban J connectivity index is 0.949. The number of nitrogens with two attached hydrogens (primary N) is 3. The van der Waals surface area contributed by atoms with E-state index in [9.17, 15) is 19.8 Å². The Morgan fingerprint density at radius 3 is 1.95 bits per heavy atom. The van der Waals surface area contributed by atoms with Crippen molar-refractivity contribution in [2.45, 2.75) is 56.3 Å². The van der Waals surface area contributed by atoms with E-state index in [1.807, 2.05) is 56.0 Å². The molecule has 2 amide bonds. The number of nitrogens with one attached hydrogen (secondary N) is 2. The molecule has 2 fully saturated rings. The van der Waals surface area contributed by atoms with Gasteiger partial charge >= 0.3 is 0 Å². The second-order valence-electron chi connectivity index (χ2n) is 18.7. The number of amides is 2. The number of nitrogens with zero attached hydrogens (tertiary/aromatic N) is 13. The van der Waals surface area contributed by atoms with Gasteiger partial charge in [0.2, 0.25) is 29.7 Å². The highest BCUT2D eigenvalue weighted by atomic mass is 16.5. The van der Waals surface area contributed by atoms with Crippen molar-refractivity contribution in [3.63, 3.8) is 0 Å². The largest absolute Gasteiger partial charge is 0.508 e. The molecule has 2 aliphatic heterocycles. The number of benzene rings is 2. The van der Waals surface area contributed by atoms with E-state index in [2.05, 4.69) is 42.9 Å². The average molecular weight is 1050 g/mol. The number of carbonyl (C=O) groups is 2. The fourth-order valence-corrected chi connectivity index (χ4v) is 9.10. The van der Waals surface area contributed by atoms with Gasteiger partial charge in [0.1, 0.15) is 30.1 Å². The predicted molar refractivity (Wildman–Crippen MR) is 283 cm³/mol. The summed E-state index contributed by atoms with van der Waals surface area (Å²) in [6.45, 7) is 6.14. The van der Waals surface area contributed by atoms with Crippen LogP contribution < -0.4 is 32.3 Å². The molecule has 0 saturated carbocycles. The van der Waals surface area contributed by atoms with Gasteiger partial charge < -0.3 is 71.5 Å². The molecule has 4 atom stereocenters. The summed E-state index contributed by atoms with van der Waals surface area (Å²) in [5, 5.41) is 41.0. The molecule has 406 valence electrons. The molecule has 6 aromatic rings.